The van der Waals surface area contributed by atoms with Crippen molar-refractivity contribution in [2.45, 2.75) is 0 Å². The number of primary amides is 1. The number of amides is 1. The smallest absolute Gasteiger partial charge is 0.249 e. The zero-order chi connectivity index (χ0) is 11.7. The summed E-state index contributed by atoms with van der Waals surface area (Å²) in [6, 6.07) is 1.49. The van der Waals surface area contributed by atoms with Gasteiger partial charge in [-0.05, 0) is 69.8 Å². The summed E-state index contributed by atoms with van der Waals surface area (Å²) in [5, 5.41) is 0. The van der Waals surface area contributed by atoms with Gasteiger partial charge in [0.25, 0.3) is 0 Å². The van der Waals surface area contributed by atoms with Gasteiger partial charge in [-0.2, -0.15) is 0 Å². The van der Waals surface area contributed by atoms with Gasteiger partial charge in [0, 0.05) is 13.4 Å². The maximum Gasteiger partial charge on any atom is 0.249 e. The second-order valence-electron chi connectivity index (χ2n) is 2.55. The van der Waals surface area contributed by atoms with Crippen LogP contribution in [-0.4, -0.2) is 10.6 Å². The van der Waals surface area contributed by atoms with E-state index < -0.39 is 10.6 Å². The number of rotatable bonds is 2. The van der Waals surface area contributed by atoms with Crippen LogP contribution in [0.1, 0.15) is 20.7 Å². The van der Waals surface area contributed by atoms with Gasteiger partial charge in [-0.15, -0.1) is 0 Å². The van der Waals surface area contributed by atoms with Gasteiger partial charge >= 0.3 is 0 Å². The van der Waals surface area contributed by atoms with Crippen molar-refractivity contribution in [3.05, 3.63) is 30.6 Å². The summed E-state index contributed by atoms with van der Waals surface area (Å²) >= 11 is 12.5. The monoisotopic (exact) mass is 461 g/mol. The molecule has 3 nitrogen and oxygen atoms in total. The van der Waals surface area contributed by atoms with E-state index in [9.17, 15) is 9.59 Å². The number of benzene rings is 1. The van der Waals surface area contributed by atoms with Crippen molar-refractivity contribution in [3.8, 4) is 0 Å². The Labute approximate surface area is 119 Å². The molecule has 0 atom stereocenters. The summed E-state index contributed by atoms with van der Waals surface area (Å²) in [6.45, 7) is 0. The summed E-state index contributed by atoms with van der Waals surface area (Å²) in [5.74, 6) is -0.660. The van der Waals surface area contributed by atoms with Crippen LogP contribution >= 0.6 is 63.7 Å². The highest BCUT2D eigenvalue weighted by Crippen LogP contribution is 2.36. The molecule has 80 valence electrons. The molecule has 0 radical (unpaired) electrons. The number of hydrogen-bond acceptors (Lipinski definition) is 2. The predicted octanol–water partition coefficient (Wildman–Crippen LogP) is 3.61. The SMILES string of the molecule is NC(=O)c1cc(Br)c(Br)c(Br)c1C(=O)Br. The Balaban J connectivity index is 3.65. The largest absolute Gasteiger partial charge is 0.366 e. The zero-order valence-electron chi connectivity index (χ0n) is 6.98. The lowest BCUT2D eigenvalue weighted by atomic mass is 10.1. The molecule has 0 aliphatic rings. The van der Waals surface area contributed by atoms with Crippen LogP contribution in [0.15, 0.2) is 19.5 Å². The number of carbonyl (C=O) groups is 2. The van der Waals surface area contributed by atoms with Gasteiger partial charge in [0.05, 0.1) is 11.1 Å². The third-order valence-corrected chi connectivity index (χ3v) is 5.33. The van der Waals surface area contributed by atoms with Crippen LogP contribution in [0.5, 0.6) is 0 Å². The second-order valence-corrected chi connectivity index (χ2v) is 5.71. The first-order valence-corrected chi connectivity index (χ1v) is 6.70. The van der Waals surface area contributed by atoms with E-state index in [1.807, 2.05) is 0 Å². The van der Waals surface area contributed by atoms with Crippen LogP contribution in [0, 0.1) is 0 Å². The second kappa shape index (κ2) is 5.07. The number of halogens is 4. The lowest BCUT2D eigenvalue weighted by Crippen LogP contribution is -2.15. The molecule has 7 heteroatoms. The molecule has 0 aromatic heterocycles. The van der Waals surface area contributed by atoms with Crippen molar-refractivity contribution in [1.82, 2.24) is 0 Å². The first-order chi connectivity index (χ1) is 6.86. The fourth-order valence-corrected chi connectivity index (χ4v) is 3.27. The standard InChI is InChI=1S/C8H3Br4NO2/c9-3-1-2(8(13)15)4(7(12)14)6(11)5(3)10/h1H,(H2,13,15). The lowest BCUT2D eigenvalue weighted by molar-refractivity contribution is 0.0990. The van der Waals surface area contributed by atoms with E-state index in [0.29, 0.717) is 13.4 Å². The number of hydrogen-bond donors (Lipinski definition) is 1. The highest BCUT2D eigenvalue weighted by molar-refractivity contribution is 9.18. The van der Waals surface area contributed by atoms with Crippen LogP contribution in [0.4, 0.5) is 0 Å². The average molecular weight is 465 g/mol. The molecule has 0 fully saturated rings. The Kier molecular flexibility index (Phi) is 4.51. The van der Waals surface area contributed by atoms with Crippen molar-refractivity contribution < 1.29 is 9.59 Å². The molecule has 15 heavy (non-hydrogen) atoms. The van der Waals surface area contributed by atoms with Gasteiger partial charge in [0.1, 0.15) is 0 Å². The quantitative estimate of drug-likeness (QED) is 0.537. The van der Waals surface area contributed by atoms with Gasteiger partial charge < -0.3 is 5.73 Å². The maximum absolute atomic E-state index is 11.3. The van der Waals surface area contributed by atoms with Crippen molar-refractivity contribution >= 4 is 74.3 Å². The molecule has 0 saturated heterocycles. The van der Waals surface area contributed by atoms with Crippen molar-refractivity contribution in [1.29, 1.82) is 0 Å². The highest BCUT2D eigenvalue weighted by atomic mass is 79.9. The third-order valence-electron chi connectivity index (χ3n) is 1.62. The van der Waals surface area contributed by atoms with E-state index in [2.05, 4.69) is 63.7 Å². The van der Waals surface area contributed by atoms with Crippen LogP contribution in [0.2, 0.25) is 0 Å². The first kappa shape index (κ1) is 13.3. The molecular formula is C8H3Br4NO2. The molecule has 1 aromatic rings. The molecular weight excluding hydrogens is 462 g/mol. The Morgan fingerprint density at radius 2 is 1.67 bits per heavy atom. The fourth-order valence-electron chi connectivity index (χ4n) is 0.982. The lowest BCUT2D eigenvalue weighted by Gasteiger charge is -2.08. The van der Waals surface area contributed by atoms with Crippen molar-refractivity contribution in [2.24, 2.45) is 5.73 Å². The Hall–Kier alpha value is 0.280. The van der Waals surface area contributed by atoms with E-state index in [0.717, 1.165) is 0 Å². The molecule has 0 unspecified atom stereocenters. The minimum absolute atomic E-state index is 0.152. The molecule has 1 rings (SSSR count). The van der Waals surface area contributed by atoms with Gasteiger partial charge in [-0.25, -0.2) is 0 Å². The van der Waals surface area contributed by atoms with E-state index in [1.54, 1.807) is 0 Å². The minimum atomic E-state index is -0.660. The van der Waals surface area contributed by atoms with E-state index >= 15 is 0 Å². The van der Waals surface area contributed by atoms with Crippen LogP contribution in [0.25, 0.3) is 0 Å². The molecule has 0 aliphatic heterocycles. The molecule has 1 amide bonds. The topological polar surface area (TPSA) is 60.2 Å². The molecule has 2 N–H and O–H groups in total. The predicted molar refractivity (Wildman–Crippen MR) is 71.3 cm³/mol. The van der Waals surface area contributed by atoms with E-state index in [1.165, 1.54) is 6.07 Å². The normalized spacial score (nSPS) is 10.1. The summed E-state index contributed by atoms with van der Waals surface area (Å²) in [6.07, 6.45) is 0. The average Bonchev–Trinajstić information content (AvgIpc) is 2.12. The van der Waals surface area contributed by atoms with E-state index in [-0.39, 0.29) is 11.1 Å². The molecule has 0 bridgehead atoms. The fraction of sp³-hybridized carbons (Fsp3) is 0. The minimum Gasteiger partial charge on any atom is -0.366 e. The molecule has 0 saturated carbocycles. The van der Waals surface area contributed by atoms with Gasteiger partial charge in [0.2, 0.25) is 10.6 Å². The number of nitrogens with two attached hydrogens (primary N) is 1. The summed E-state index contributed by atoms with van der Waals surface area (Å²) in [5.41, 5.74) is 5.53. The summed E-state index contributed by atoms with van der Waals surface area (Å²) in [4.78, 5) is 22.4. The highest BCUT2D eigenvalue weighted by Gasteiger charge is 2.20. The number of carbonyl (C=O) groups excluding carboxylic acids is 2. The Bertz CT molecular complexity index is 458. The van der Waals surface area contributed by atoms with Gasteiger partial charge in [-0.1, -0.05) is 0 Å². The molecule has 0 aliphatic carbocycles. The Morgan fingerprint density at radius 1 is 1.13 bits per heavy atom. The maximum atomic E-state index is 11.3. The van der Waals surface area contributed by atoms with Gasteiger partial charge in [-0.3, -0.25) is 9.59 Å². The van der Waals surface area contributed by atoms with Crippen LogP contribution in [0.3, 0.4) is 0 Å². The van der Waals surface area contributed by atoms with Crippen LogP contribution in [-0.2, 0) is 0 Å². The Morgan fingerprint density at radius 3 is 2.07 bits per heavy atom. The molecule has 0 heterocycles. The summed E-state index contributed by atoms with van der Waals surface area (Å²) in [7, 11) is 0. The third kappa shape index (κ3) is 2.69. The van der Waals surface area contributed by atoms with Crippen LogP contribution < -0.4 is 5.73 Å². The molecule has 0 spiro atoms. The van der Waals surface area contributed by atoms with E-state index in [4.69, 9.17) is 5.73 Å². The summed E-state index contributed by atoms with van der Waals surface area (Å²) < 4.78 is 1.36. The van der Waals surface area contributed by atoms with Crippen molar-refractivity contribution in [3.63, 3.8) is 0 Å². The first-order valence-electron chi connectivity index (χ1n) is 3.53. The zero-order valence-corrected chi connectivity index (χ0v) is 13.3. The van der Waals surface area contributed by atoms with Crippen molar-refractivity contribution in [2.75, 3.05) is 0 Å². The molecule has 1 aromatic carbocycles. The van der Waals surface area contributed by atoms with Gasteiger partial charge in [0.15, 0.2) is 0 Å².